The lowest BCUT2D eigenvalue weighted by atomic mass is 9.81. The SMILES string of the molecule is Cc1nc(N[C@H](C)c2cc([N+](=O)[O-])cc(C(F)(F)F)c2)c2cc3c(cc2n1)OCC3OC1(C)CCC1. The van der Waals surface area contributed by atoms with Crippen molar-refractivity contribution in [1.82, 2.24) is 9.97 Å². The number of halogens is 3. The Morgan fingerprint density at radius 1 is 1.22 bits per heavy atom. The van der Waals surface area contributed by atoms with Crippen molar-refractivity contribution in [1.29, 1.82) is 0 Å². The number of nitro benzene ring substituents is 1. The first-order valence-electron chi connectivity index (χ1n) is 11.7. The summed E-state index contributed by atoms with van der Waals surface area (Å²) in [7, 11) is 0. The van der Waals surface area contributed by atoms with Crippen molar-refractivity contribution in [3.05, 3.63) is 63.0 Å². The van der Waals surface area contributed by atoms with Crippen LogP contribution < -0.4 is 10.1 Å². The fourth-order valence-electron chi connectivity index (χ4n) is 4.71. The Balaban J connectivity index is 1.51. The van der Waals surface area contributed by atoms with Gasteiger partial charge >= 0.3 is 6.18 Å². The quantitative estimate of drug-likeness (QED) is 0.306. The lowest BCUT2D eigenvalue weighted by molar-refractivity contribution is -0.385. The molecule has 1 aliphatic heterocycles. The molecule has 2 heterocycles. The molecule has 0 spiro atoms. The van der Waals surface area contributed by atoms with E-state index in [1.807, 2.05) is 12.1 Å². The molecule has 1 aliphatic carbocycles. The zero-order valence-corrected chi connectivity index (χ0v) is 20.0. The summed E-state index contributed by atoms with van der Waals surface area (Å²) in [5.41, 5.74) is -0.290. The van der Waals surface area contributed by atoms with Crippen molar-refractivity contribution in [2.24, 2.45) is 0 Å². The van der Waals surface area contributed by atoms with Crippen molar-refractivity contribution in [3.8, 4) is 5.75 Å². The molecule has 0 saturated heterocycles. The van der Waals surface area contributed by atoms with Crippen LogP contribution in [0.15, 0.2) is 30.3 Å². The summed E-state index contributed by atoms with van der Waals surface area (Å²) in [6, 6.07) is 5.58. The van der Waals surface area contributed by atoms with Gasteiger partial charge in [-0.15, -0.1) is 0 Å². The molecular weight excluding hydrogens is 477 g/mol. The highest BCUT2D eigenvalue weighted by molar-refractivity contribution is 5.91. The number of nitrogens with one attached hydrogen (secondary N) is 1. The average molecular weight is 502 g/mol. The number of aryl methyl sites for hydroxylation is 1. The maximum absolute atomic E-state index is 13.4. The van der Waals surface area contributed by atoms with Crippen LogP contribution in [0.25, 0.3) is 10.9 Å². The van der Waals surface area contributed by atoms with E-state index < -0.39 is 28.4 Å². The Morgan fingerprint density at radius 2 is 1.97 bits per heavy atom. The number of anilines is 1. The molecule has 8 nitrogen and oxygen atoms in total. The van der Waals surface area contributed by atoms with Gasteiger partial charge in [0.2, 0.25) is 0 Å². The topological polar surface area (TPSA) is 99.4 Å². The number of hydrogen-bond acceptors (Lipinski definition) is 7. The van der Waals surface area contributed by atoms with Crippen molar-refractivity contribution < 1.29 is 27.6 Å². The molecule has 3 aromatic rings. The minimum absolute atomic E-state index is 0.115. The van der Waals surface area contributed by atoms with Crippen LogP contribution >= 0.6 is 0 Å². The molecule has 1 fully saturated rings. The number of nitrogens with zero attached hydrogens (tertiary/aromatic N) is 3. The maximum Gasteiger partial charge on any atom is 0.416 e. The Hall–Kier alpha value is -3.47. The second-order valence-corrected chi connectivity index (χ2v) is 9.68. The van der Waals surface area contributed by atoms with E-state index in [1.165, 1.54) is 0 Å². The fraction of sp³-hybridized carbons (Fsp3) is 0.440. The summed E-state index contributed by atoms with van der Waals surface area (Å²) in [5, 5.41) is 15.1. The largest absolute Gasteiger partial charge is 0.490 e. The number of fused-ring (bicyclic) bond motifs is 2. The number of aromatic nitrogens is 2. The molecule has 2 aromatic carbocycles. The van der Waals surface area contributed by atoms with E-state index in [4.69, 9.17) is 9.47 Å². The van der Waals surface area contributed by atoms with Gasteiger partial charge < -0.3 is 14.8 Å². The second kappa shape index (κ2) is 8.58. The molecule has 0 bridgehead atoms. The van der Waals surface area contributed by atoms with E-state index in [-0.39, 0.29) is 17.3 Å². The van der Waals surface area contributed by atoms with Crippen LogP contribution in [-0.4, -0.2) is 27.1 Å². The van der Waals surface area contributed by atoms with E-state index in [1.54, 1.807) is 13.8 Å². The van der Waals surface area contributed by atoms with Gasteiger partial charge in [0.1, 0.15) is 30.1 Å². The van der Waals surface area contributed by atoms with Gasteiger partial charge in [-0.1, -0.05) is 0 Å². The molecule has 1 aromatic heterocycles. The first-order chi connectivity index (χ1) is 16.9. The van der Waals surface area contributed by atoms with Gasteiger partial charge in [-0.2, -0.15) is 13.2 Å². The first kappa shape index (κ1) is 24.2. The molecule has 2 aliphatic rings. The number of non-ortho nitro benzene ring substituents is 1. The second-order valence-electron chi connectivity index (χ2n) is 9.68. The lowest BCUT2D eigenvalue weighted by Gasteiger charge is -2.40. The fourth-order valence-corrected chi connectivity index (χ4v) is 4.71. The minimum Gasteiger partial charge on any atom is -0.490 e. The monoisotopic (exact) mass is 502 g/mol. The van der Waals surface area contributed by atoms with Crippen molar-refractivity contribution in [2.45, 2.75) is 64.0 Å². The molecule has 1 N–H and O–H groups in total. The molecule has 0 radical (unpaired) electrons. The van der Waals surface area contributed by atoms with Crippen LogP contribution in [0.2, 0.25) is 0 Å². The van der Waals surface area contributed by atoms with Gasteiger partial charge in [-0.3, -0.25) is 10.1 Å². The zero-order chi connectivity index (χ0) is 25.8. The Labute approximate surface area is 205 Å². The van der Waals surface area contributed by atoms with Crippen LogP contribution in [0.1, 0.15) is 67.8 Å². The summed E-state index contributed by atoms with van der Waals surface area (Å²) >= 11 is 0. The third-order valence-electron chi connectivity index (χ3n) is 6.85. The molecular formula is C25H25F3N4O4. The maximum atomic E-state index is 13.4. The van der Waals surface area contributed by atoms with E-state index >= 15 is 0 Å². The van der Waals surface area contributed by atoms with Crippen LogP contribution in [-0.2, 0) is 10.9 Å². The summed E-state index contributed by atoms with van der Waals surface area (Å²) in [4.78, 5) is 19.4. The standard InChI is InChI=1S/C25H25F3N4O4/c1-13(15-7-16(25(26,27)28)9-17(8-15)32(33)34)29-23-18-10-19-21(11-20(18)30-14(2)31-23)35-12-22(19)36-24(3)5-4-6-24/h7-11,13,22H,4-6,12H2,1-3H3,(H,29,30,31)/t13-,22?/m1/s1. The first-order valence-corrected chi connectivity index (χ1v) is 11.7. The number of benzene rings is 2. The third kappa shape index (κ3) is 4.55. The molecule has 5 rings (SSSR count). The average Bonchev–Trinajstić information content (AvgIpc) is 3.17. The Morgan fingerprint density at radius 3 is 2.61 bits per heavy atom. The number of alkyl halides is 3. The predicted octanol–water partition coefficient (Wildman–Crippen LogP) is 6.43. The number of ether oxygens (including phenoxy) is 2. The van der Waals surface area contributed by atoms with Crippen LogP contribution in [0.5, 0.6) is 5.75 Å². The third-order valence-corrected chi connectivity index (χ3v) is 6.85. The molecule has 11 heteroatoms. The molecule has 36 heavy (non-hydrogen) atoms. The minimum atomic E-state index is -4.72. The molecule has 2 atom stereocenters. The highest BCUT2D eigenvalue weighted by Gasteiger charge is 2.39. The van der Waals surface area contributed by atoms with E-state index in [0.717, 1.165) is 37.0 Å². The van der Waals surface area contributed by atoms with Gasteiger partial charge in [-0.25, -0.2) is 9.97 Å². The summed E-state index contributed by atoms with van der Waals surface area (Å²) in [6.45, 7) is 5.82. The number of nitro groups is 1. The molecule has 0 amide bonds. The van der Waals surface area contributed by atoms with Gasteiger partial charge in [0.15, 0.2) is 0 Å². The van der Waals surface area contributed by atoms with Crippen LogP contribution in [0.4, 0.5) is 24.7 Å². The smallest absolute Gasteiger partial charge is 0.416 e. The lowest BCUT2D eigenvalue weighted by Crippen LogP contribution is -2.38. The summed E-state index contributed by atoms with van der Waals surface area (Å²) in [6.07, 6.45) is -1.86. The van der Waals surface area contributed by atoms with Gasteiger partial charge in [0, 0.05) is 29.1 Å². The highest BCUT2D eigenvalue weighted by Crippen LogP contribution is 2.45. The van der Waals surface area contributed by atoms with Gasteiger partial charge in [0.05, 0.1) is 27.6 Å². The van der Waals surface area contributed by atoms with E-state index in [2.05, 4.69) is 22.2 Å². The Kier molecular flexibility index (Phi) is 5.77. The van der Waals surface area contributed by atoms with Crippen LogP contribution in [0.3, 0.4) is 0 Å². The van der Waals surface area contributed by atoms with E-state index in [0.29, 0.717) is 41.0 Å². The predicted molar refractivity (Wildman–Crippen MR) is 126 cm³/mol. The van der Waals surface area contributed by atoms with Crippen molar-refractivity contribution >= 4 is 22.4 Å². The summed E-state index contributed by atoms with van der Waals surface area (Å²) < 4.78 is 52.4. The number of rotatable bonds is 6. The molecule has 1 saturated carbocycles. The molecule has 190 valence electrons. The molecule has 1 unspecified atom stereocenters. The van der Waals surface area contributed by atoms with Gasteiger partial charge in [-0.05, 0) is 57.7 Å². The zero-order valence-electron chi connectivity index (χ0n) is 20.0. The highest BCUT2D eigenvalue weighted by atomic mass is 19.4. The van der Waals surface area contributed by atoms with Gasteiger partial charge in [0.25, 0.3) is 5.69 Å². The number of hydrogen-bond donors (Lipinski definition) is 1. The Bertz CT molecular complexity index is 1360. The summed E-state index contributed by atoms with van der Waals surface area (Å²) in [5.74, 6) is 1.55. The van der Waals surface area contributed by atoms with Crippen molar-refractivity contribution in [3.63, 3.8) is 0 Å². The normalized spacial score (nSPS) is 19.3. The van der Waals surface area contributed by atoms with Crippen LogP contribution in [0, 0.1) is 17.0 Å². The van der Waals surface area contributed by atoms with Crippen molar-refractivity contribution in [2.75, 3.05) is 11.9 Å². The van der Waals surface area contributed by atoms with E-state index in [9.17, 15) is 23.3 Å².